The first kappa shape index (κ1) is 23.5. The summed E-state index contributed by atoms with van der Waals surface area (Å²) in [7, 11) is 0. The van der Waals surface area contributed by atoms with E-state index >= 15 is 0 Å². The third-order valence-electron chi connectivity index (χ3n) is 4.88. The molecule has 3 nitrogen and oxygen atoms in total. The topological polar surface area (TPSA) is 35.5 Å². The van der Waals surface area contributed by atoms with Gasteiger partial charge in [0.1, 0.15) is 0 Å². The Morgan fingerprint density at radius 2 is 1.54 bits per heavy atom. The summed E-state index contributed by atoms with van der Waals surface area (Å²) in [5.41, 5.74) is 3.05. The average molecular weight is 598 g/mol. The second-order valence-corrected chi connectivity index (χ2v) is 7.72. The average Bonchev–Trinajstić information content (AvgIpc) is 3.16. The molecule has 4 rings (SSSR count). The number of ether oxygens (including phenoxy) is 2. The Morgan fingerprint density at radius 1 is 0.964 bits per heavy atom. The van der Waals surface area contributed by atoms with Gasteiger partial charge in [-0.05, 0) is 36.1 Å². The van der Waals surface area contributed by atoms with Crippen LogP contribution in [0.4, 0.5) is 0 Å². The second kappa shape index (κ2) is 11.4. The van der Waals surface area contributed by atoms with Crippen LogP contribution >= 0.6 is 23.2 Å². The Kier molecular flexibility index (Phi) is 9.61. The Labute approximate surface area is 187 Å². The standard InChI is InChI=1S/C13H9Cl2.C9H15O2.O.Os/c1-9-2-4-10(5-3-9)12-7-6-11(14)8-13(12)15;1-8-2-4-9(5-3-8)10-6-7-11-9;;/h2-8H,1H2;8H,1-7H2;;/q2*-1;;. The Hall–Kier alpha value is -0.754. The van der Waals surface area contributed by atoms with Gasteiger partial charge in [-0.25, -0.2) is 0 Å². The van der Waals surface area contributed by atoms with Crippen molar-refractivity contribution >= 4 is 23.2 Å². The van der Waals surface area contributed by atoms with Gasteiger partial charge >= 0.3 is 22.1 Å². The molecule has 1 spiro atoms. The SMILES string of the molecule is [CH2-]C1CCC2(CC1)OCCO2.[CH2-]c1ccc(-c2ccc(Cl)cc2Cl)cc1.[O]=[Os]. The second-order valence-electron chi connectivity index (χ2n) is 6.87. The molecule has 0 bridgehead atoms. The molecule has 28 heavy (non-hydrogen) atoms. The quantitative estimate of drug-likeness (QED) is 0.354. The Morgan fingerprint density at radius 3 is 2.07 bits per heavy atom. The molecule has 1 heterocycles. The zero-order valence-corrected chi connectivity index (χ0v) is 19.7. The summed E-state index contributed by atoms with van der Waals surface area (Å²) in [5, 5.41) is 1.32. The van der Waals surface area contributed by atoms with Crippen LogP contribution in [-0.2, 0) is 31.6 Å². The normalized spacial score (nSPS) is 18.0. The number of hydrogen-bond acceptors (Lipinski definition) is 3. The molecule has 0 amide bonds. The number of rotatable bonds is 1. The number of hydrogen-bond donors (Lipinski definition) is 0. The molecule has 1 saturated carbocycles. The van der Waals surface area contributed by atoms with Gasteiger partial charge in [-0.3, -0.25) is 0 Å². The van der Waals surface area contributed by atoms with Crippen LogP contribution in [0.15, 0.2) is 42.5 Å². The van der Waals surface area contributed by atoms with Crippen LogP contribution in [0.3, 0.4) is 0 Å². The van der Waals surface area contributed by atoms with E-state index in [1.54, 1.807) is 6.07 Å². The van der Waals surface area contributed by atoms with Gasteiger partial charge < -0.3 is 16.4 Å². The van der Waals surface area contributed by atoms with Gasteiger partial charge in [-0.1, -0.05) is 42.1 Å². The molecule has 6 heteroatoms. The first-order valence-electron chi connectivity index (χ1n) is 9.10. The van der Waals surface area contributed by atoms with Crippen molar-refractivity contribution in [2.24, 2.45) is 5.92 Å². The van der Waals surface area contributed by atoms with Gasteiger partial charge in [-0.2, -0.15) is 30.5 Å². The number of benzene rings is 2. The van der Waals surface area contributed by atoms with E-state index in [1.807, 2.05) is 36.4 Å². The fraction of sp³-hybridized carbons (Fsp3) is 0.364. The molecule has 2 aromatic rings. The summed E-state index contributed by atoms with van der Waals surface area (Å²) in [6, 6.07) is 13.4. The van der Waals surface area contributed by atoms with E-state index in [4.69, 9.17) is 36.2 Å². The molecular formula is C22H24Cl2O3Os-2. The molecule has 1 saturated heterocycles. The van der Waals surface area contributed by atoms with Crippen molar-refractivity contribution in [2.75, 3.05) is 13.2 Å². The molecule has 0 radical (unpaired) electrons. The molecular weight excluding hydrogens is 573 g/mol. The molecule has 2 aliphatic rings. The maximum atomic E-state index is 8.28. The zero-order valence-electron chi connectivity index (χ0n) is 15.6. The van der Waals surface area contributed by atoms with Crippen LogP contribution in [0.25, 0.3) is 11.1 Å². The van der Waals surface area contributed by atoms with Gasteiger partial charge in [-0.15, -0.1) is 12.1 Å². The molecule has 0 unspecified atom stereocenters. The third-order valence-corrected chi connectivity index (χ3v) is 5.42. The van der Waals surface area contributed by atoms with Crippen molar-refractivity contribution in [2.45, 2.75) is 31.5 Å². The fourth-order valence-corrected chi connectivity index (χ4v) is 3.83. The molecule has 154 valence electrons. The van der Waals surface area contributed by atoms with Crippen LogP contribution < -0.4 is 0 Å². The van der Waals surface area contributed by atoms with Crippen molar-refractivity contribution in [3.05, 3.63) is 71.9 Å². The van der Waals surface area contributed by atoms with E-state index in [-0.39, 0.29) is 5.79 Å². The first-order valence-corrected chi connectivity index (χ1v) is 10.9. The van der Waals surface area contributed by atoms with E-state index in [0.29, 0.717) is 34.5 Å². The van der Waals surface area contributed by atoms with Gasteiger partial charge in [0.2, 0.25) is 0 Å². The van der Waals surface area contributed by atoms with Crippen molar-refractivity contribution in [1.82, 2.24) is 0 Å². The van der Waals surface area contributed by atoms with Crippen molar-refractivity contribution in [3.8, 4) is 11.1 Å². The molecule has 1 aliphatic heterocycles. The molecule has 2 fully saturated rings. The predicted octanol–water partition coefficient (Wildman–Crippen LogP) is 6.48. The van der Waals surface area contributed by atoms with E-state index in [1.165, 1.54) is 0 Å². The van der Waals surface area contributed by atoms with Crippen molar-refractivity contribution < 1.29 is 31.6 Å². The van der Waals surface area contributed by atoms with E-state index in [9.17, 15) is 0 Å². The summed E-state index contributed by atoms with van der Waals surface area (Å²) >= 11 is 12.6. The fourth-order valence-electron chi connectivity index (χ4n) is 3.31. The predicted molar refractivity (Wildman–Crippen MR) is 109 cm³/mol. The van der Waals surface area contributed by atoms with Crippen LogP contribution in [0.2, 0.25) is 10.0 Å². The summed E-state index contributed by atoms with van der Waals surface area (Å²) in [6.07, 6.45) is 4.39. The Balaban J connectivity index is 0.000000191. The molecule has 0 atom stereocenters. The maximum absolute atomic E-state index is 8.28. The number of halogens is 2. The summed E-state index contributed by atoms with van der Waals surface area (Å²) in [4.78, 5) is 0. The summed E-state index contributed by atoms with van der Waals surface area (Å²) in [5.74, 6) is 0.433. The van der Waals surface area contributed by atoms with Gasteiger partial charge in [0.05, 0.1) is 13.2 Å². The van der Waals surface area contributed by atoms with Crippen LogP contribution in [0.1, 0.15) is 31.2 Å². The molecule has 0 N–H and O–H groups in total. The first-order chi connectivity index (χ1) is 13.5. The van der Waals surface area contributed by atoms with Crippen LogP contribution in [-0.4, -0.2) is 19.0 Å². The molecule has 1 aliphatic carbocycles. The van der Waals surface area contributed by atoms with Crippen molar-refractivity contribution in [1.29, 1.82) is 0 Å². The minimum absolute atomic E-state index is 0.186. The molecule has 2 aromatic carbocycles. The van der Waals surface area contributed by atoms with E-state index < -0.39 is 0 Å². The molecule has 0 aromatic heterocycles. The van der Waals surface area contributed by atoms with Gasteiger partial charge in [0.15, 0.2) is 5.79 Å². The summed E-state index contributed by atoms with van der Waals surface area (Å²) < 4.78 is 19.4. The van der Waals surface area contributed by atoms with E-state index in [0.717, 1.165) is 55.6 Å². The summed E-state index contributed by atoms with van der Waals surface area (Å²) in [6.45, 7) is 9.44. The third kappa shape index (κ3) is 6.65. The van der Waals surface area contributed by atoms with E-state index in [2.05, 4.69) is 13.8 Å². The van der Waals surface area contributed by atoms with Crippen LogP contribution in [0.5, 0.6) is 0 Å². The van der Waals surface area contributed by atoms with Gasteiger partial charge in [0, 0.05) is 10.0 Å². The van der Waals surface area contributed by atoms with Gasteiger partial charge in [0.25, 0.3) is 0 Å². The minimum atomic E-state index is -0.186. The van der Waals surface area contributed by atoms with Crippen molar-refractivity contribution in [3.63, 3.8) is 0 Å². The Bertz CT molecular complexity index is 736. The van der Waals surface area contributed by atoms with Crippen LogP contribution in [0, 0.1) is 19.8 Å². The zero-order chi connectivity index (χ0) is 20.6. The monoisotopic (exact) mass is 598 g/mol.